The van der Waals surface area contributed by atoms with E-state index in [0.29, 0.717) is 11.7 Å². The smallest absolute Gasteiger partial charge is 0.234 e. The summed E-state index contributed by atoms with van der Waals surface area (Å²) in [6.45, 7) is 2.64. The van der Waals surface area contributed by atoms with Crippen molar-refractivity contribution >= 4 is 39.3 Å². The first-order valence-corrected chi connectivity index (χ1v) is 11.6. The molecule has 0 bridgehead atoms. The number of nitrogens with zero attached hydrogens (tertiary/aromatic N) is 3. The third-order valence-electron chi connectivity index (χ3n) is 4.66. The summed E-state index contributed by atoms with van der Waals surface area (Å²) in [5.74, 6) is 0.931. The lowest BCUT2D eigenvalue weighted by Crippen LogP contribution is -2.15. The van der Waals surface area contributed by atoms with Crippen LogP contribution in [0.3, 0.4) is 0 Å². The molecule has 4 rings (SSSR count). The lowest BCUT2D eigenvalue weighted by molar-refractivity contribution is -0.113. The Morgan fingerprint density at radius 3 is 2.42 bits per heavy atom. The standard InChI is InChI=1S/C24H21BrN4OS/c1-17-12-13-21(20(25)14-17)26-22(30)16-31-24-28-27-23(19-10-6-3-7-11-19)29(24)15-18-8-4-2-5-9-18/h2-14H,15-16H2,1H3,(H,26,30). The lowest BCUT2D eigenvalue weighted by Gasteiger charge is -2.11. The summed E-state index contributed by atoms with van der Waals surface area (Å²) in [6.07, 6.45) is 0. The highest BCUT2D eigenvalue weighted by atomic mass is 79.9. The van der Waals surface area contributed by atoms with Gasteiger partial charge in [0, 0.05) is 10.0 Å². The fourth-order valence-electron chi connectivity index (χ4n) is 3.14. The van der Waals surface area contributed by atoms with Crippen LogP contribution in [0.1, 0.15) is 11.1 Å². The number of hydrogen-bond acceptors (Lipinski definition) is 4. The summed E-state index contributed by atoms with van der Waals surface area (Å²) in [4.78, 5) is 12.6. The van der Waals surface area contributed by atoms with Gasteiger partial charge in [0.2, 0.25) is 5.91 Å². The Balaban J connectivity index is 1.53. The zero-order valence-corrected chi connectivity index (χ0v) is 19.4. The van der Waals surface area contributed by atoms with E-state index in [2.05, 4.69) is 48.1 Å². The van der Waals surface area contributed by atoms with Crippen LogP contribution in [0.2, 0.25) is 0 Å². The molecule has 0 radical (unpaired) electrons. The quantitative estimate of drug-likeness (QED) is 0.331. The number of thioether (sulfide) groups is 1. The fourth-order valence-corrected chi connectivity index (χ4v) is 4.47. The molecule has 0 atom stereocenters. The van der Waals surface area contributed by atoms with Crippen LogP contribution in [0.4, 0.5) is 5.69 Å². The number of nitrogens with one attached hydrogen (secondary N) is 1. The van der Waals surface area contributed by atoms with Gasteiger partial charge in [0.05, 0.1) is 18.0 Å². The highest BCUT2D eigenvalue weighted by Crippen LogP contribution is 2.27. The van der Waals surface area contributed by atoms with E-state index in [9.17, 15) is 4.79 Å². The molecule has 31 heavy (non-hydrogen) atoms. The van der Waals surface area contributed by atoms with Gasteiger partial charge in [-0.3, -0.25) is 9.36 Å². The first-order chi connectivity index (χ1) is 15.1. The van der Waals surface area contributed by atoms with Crippen LogP contribution in [0.25, 0.3) is 11.4 Å². The average Bonchev–Trinajstić information content (AvgIpc) is 3.18. The third kappa shape index (κ3) is 5.42. The molecule has 0 unspecified atom stereocenters. The van der Waals surface area contributed by atoms with E-state index >= 15 is 0 Å². The first-order valence-electron chi connectivity index (χ1n) is 9.81. The van der Waals surface area contributed by atoms with E-state index < -0.39 is 0 Å². The van der Waals surface area contributed by atoms with Crippen LogP contribution in [0.5, 0.6) is 0 Å². The predicted molar refractivity (Wildman–Crippen MR) is 129 cm³/mol. The molecule has 1 aromatic heterocycles. The maximum Gasteiger partial charge on any atom is 0.234 e. The van der Waals surface area contributed by atoms with Gasteiger partial charge in [-0.2, -0.15) is 0 Å². The van der Waals surface area contributed by atoms with E-state index in [1.54, 1.807) is 0 Å². The molecule has 1 amide bonds. The number of halogens is 1. The number of aryl methyl sites for hydroxylation is 1. The minimum absolute atomic E-state index is 0.0925. The summed E-state index contributed by atoms with van der Waals surface area (Å²) in [5, 5.41) is 12.5. The Labute approximate surface area is 194 Å². The summed E-state index contributed by atoms with van der Waals surface area (Å²) in [5.41, 5.74) is 4.02. The van der Waals surface area contributed by atoms with E-state index in [0.717, 1.165) is 32.7 Å². The van der Waals surface area contributed by atoms with Crippen molar-refractivity contribution in [3.8, 4) is 11.4 Å². The van der Waals surface area contributed by atoms with Crippen molar-refractivity contribution in [1.29, 1.82) is 0 Å². The minimum Gasteiger partial charge on any atom is -0.324 e. The van der Waals surface area contributed by atoms with E-state index in [-0.39, 0.29) is 11.7 Å². The second kappa shape index (κ2) is 9.94. The van der Waals surface area contributed by atoms with Gasteiger partial charge >= 0.3 is 0 Å². The van der Waals surface area contributed by atoms with Crippen LogP contribution in [0, 0.1) is 6.92 Å². The number of amides is 1. The first kappa shape index (κ1) is 21.3. The van der Waals surface area contributed by atoms with Crippen molar-refractivity contribution in [3.63, 3.8) is 0 Å². The monoisotopic (exact) mass is 492 g/mol. The van der Waals surface area contributed by atoms with Gasteiger partial charge in [0.15, 0.2) is 11.0 Å². The minimum atomic E-state index is -0.0925. The van der Waals surface area contributed by atoms with Crippen LogP contribution in [-0.4, -0.2) is 26.4 Å². The average molecular weight is 493 g/mol. The molecule has 0 fully saturated rings. The molecule has 0 aliphatic rings. The van der Waals surface area contributed by atoms with Crippen LogP contribution >= 0.6 is 27.7 Å². The van der Waals surface area contributed by atoms with Gasteiger partial charge in [-0.15, -0.1) is 10.2 Å². The highest BCUT2D eigenvalue weighted by molar-refractivity contribution is 9.10. The molecule has 1 heterocycles. The Morgan fingerprint density at radius 2 is 1.71 bits per heavy atom. The maximum absolute atomic E-state index is 12.6. The molecule has 0 saturated heterocycles. The number of benzene rings is 3. The molecule has 7 heteroatoms. The van der Waals surface area contributed by atoms with Gasteiger partial charge in [-0.1, -0.05) is 78.5 Å². The normalized spacial score (nSPS) is 10.8. The van der Waals surface area contributed by atoms with Crippen molar-refractivity contribution < 1.29 is 4.79 Å². The zero-order valence-electron chi connectivity index (χ0n) is 17.0. The number of aromatic nitrogens is 3. The number of carbonyl (C=O) groups excluding carboxylic acids is 1. The molecule has 3 aromatic carbocycles. The maximum atomic E-state index is 12.6. The number of hydrogen-bond donors (Lipinski definition) is 1. The molecule has 0 saturated carbocycles. The van der Waals surface area contributed by atoms with Crippen molar-refractivity contribution in [1.82, 2.24) is 14.8 Å². The van der Waals surface area contributed by atoms with E-state index in [1.165, 1.54) is 11.8 Å². The fraction of sp³-hybridized carbons (Fsp3) is 0.125. The van der Waals surface area contributed by atoms with Gasteiger partial charge in [-0.05, 0) is 46.1 Å². The summed E-state index contributed by atoms with van der Waals surface area (Å²) < 4.78 is 2.93. The lowest BCUT2D eigenvalue weighted by atomic mass is 10.2. The van der Waals surface area contributed by atoms with E-state index in [1.807, 2.05) is 73.7 Å². The summed E-state index contributed by atoms with van der Waals surface area (Å²) >= 11 is 4.88. The molecule has 0 aliphatic carbocycles. The molecule has 1 N–H and O–H groups in total. The van der Waals surface area contributed by atoms with Crippen LogP contribution in [0.15, 0.2) is 88.5 Å². The van der Waals surface area contributed by atoms with Crippen LogP contribution < -0.4 is 5.32 Å². The number of rotatable bonds is 7. The molecule has 0 spiro atoms. The molecule has 5 nitrogen and oxygen atoms in total. The predicted octanol–water partition coefficient (Wildman–Crippen LogP) is 5.80. The van der Waals surface area contributed by atoms with Crippen molar-refractivity contribution in [2.45, 2.75) is 18.6 Å². The second-order valence-electron chi connectivity index (χ2n) is 7.06. The van der Waals surface area contributed by atoms with Gasteiger partial charge < -0.3 is 5.32 Å². The van der Waals surface area contributed by atoms with Gasteiger partial charge in [0.25, 0.3) is 0 Å². The Kier molecular flexibility index (Phi) is 6.84. The van der Waals surface area contributed by atoms with Gasteiger partial charge in [0.1, 0.15) is 0 Å². The second-order valence-corrected chi connectivity index (χ2v) is 8.86. The molecule has 156 valence electrons. The Hall–Kier alpha value is -2.90. The zero-order chi connectivity index (χ0) is 21.6. The molecule has 0 aliphatic heterocycles. The number of anilines is 1. The van der Waals surface area contributed by atoms with Crippen molar-refractivity contribution in [2.75, 3.05) is 11.1 Å². The summed E-state index contributed by atoms with van der Waals surface area (Å²) in [6, 6.07) is 26.0. The van der Waals surface area contributed by atoms with Crippen LogP contribution in [-0.2, 0) is 11.3 Å². The largest absolute Gasteiger partial charge is 0.324 e. The molecule has 4 aromatic rings. The molecular formula is C24H21BrN4OS. The Morgan fingerprint density at radius 1 is 1.00 bits per heavy atom. The Bertz CT molecular complexity index is 1180. The highest BCUT2D eigenvalue weighted by Gasteiger charge is 2.16. The van der Waals surface area contributed by atoms with Gasteiger partial charge in [-0.25, -0.2) is 0 Å². The van der Waals surface area contributed by atoms with Crippen molar-refractivity contribution in [2.24, 2.45) is 0 Å². The van der Waals surface area contributed by atoms with E-state index in [4.69, 9.17) is 0 Å². The topological polar surface area (TPSA) is 59.8 Å². The third-order valence-corrected chi connectivity index (χ3v) is 6.29. The summed E-state index contributed by atoms with van der Waals surface area (Å²) in [7, 11) is 0. The molecular weight excluding hydrogens is 472 g/mol. The SMILES string of the molecule is Cc1ccc(NC(=O)CSc2nnc(-c3ccccc3)n2Cc2ccccc2)c(Br)c1. The van der Waals surface area contributed by atoms with Crippen molar-refractivity contribution in [3.05, 3.63) is 94.5 Å². The number of carbonyl (C=O) groups is 1.